The zero-order valence-electron chi connectivity index (χ0n) is 5.53. The van der Waals surface area contributed by atoms with Crippen molar-refractivity contribution in [1.82, 2.24) is 5.32 Å². The Labute approximate surface area is 50.5 Å². The van der Waals surface area contributed by atoms with Gasteiger partial charge in [-0.15, -0.1) is 0 Å². The molecule has 0 aliphatic carbocycles. The SMILES string of the molecule is C=C(NCC)OCC. The summed E-state index contributed by atoms with van der Waals surface area (Å²) in [6, 6.07) is 0. The molecule has 0 unspecified atom stereocenters. The minimum atomic E-state index is 0.662. The highest BCUT2D eigenvalue weighted by atomic mass is 16.5. The fraction of sp³-hybridized carbons (Fsp3) is 0.667. The average molecular weight is 115 g/mol. The van der Waals surface area contributed by atoms with Crippen LogP contribution in [0.5, 0.6) is 0 Å². The Bertz CT molecular complexity index is 62.9. The van der Waals surface area contributed by atoms with Crippen molar-refractivity contribution in [2.45, 2.75) is 13.8 Å². The van der Waals surface area contributed by atoms with Crippen LogP contribution in [0.1, 0.15) is 13.8 Å². The lowest BCUT2D eigenvalue weighted by molar-refractivity contribution is 0.209. The maximum absolute atomic E-state index is 4.98. The standard InChI is InChI=1S/C6H13NO/c1-4-7-6(3)8-5-2/h7H,3-5H2,1-2H3. The Hall–Kier alpha value is -0.660. The van der Waals surface area contributed by atoms with Gasteiger partial charge in [-0.1, -0.05) is 0 Å². The highest BCUT2D eigenvalue weighted by Gasteiger charge is 1.83. The first kappa shape index (κ1) is 7.34. The van der Waals surface area contributed by atoms with E-state index in [4.69, 9.17) is 4.74 Å². The molecule has 0 aliphatic rings. The first-order chi connectivity index (χ1) is 3.81. The summed E-state index contributed by atoms with van der Waals surface area (Å²) in [6.45, 7) is 9.10. The van der Waals surface area contributed by atoms with E-state index in [0.717, 1.165) is 6.54 Å². The van der Waals surface area contributed by atoms with Crippen LogP contribution in [0.15, 0.2) is 12.5 Å². The molecule has 8 heavy (non-hydrogen) atoms. The maximum atomic E-state index is 4.98. The van der Waals surface area contributed by atoms with E-state index >= 15 is 0 Å². The number of ether oxygens (including phenoxy) is 1. The summed E-state index contributed by atoms with van der Waals surface area (Å²) in [6.07, 6.45) is 0. The average Bonchev–Trinajstić information content (AvgIpc) is 1.68. The normalized spacial score (nSPS) is 8.25. The van der Waals surface area contributed by atoms with Crippen LogP contribution in [0, 0.1) is 0 Å². The number of nitrogens with one attached hydrogen (secondary N) is 1. The minimum absolute atomic E-state index is 0.662. The van der Waals surface area contributed by atoms with Crippen LogP contribution < -0.4 is 5.32 Å². The highest BCUT2D eigenvalue weighted by molar-refractivity contribution is 4.76. The van der Waals surface area contributed by atoms with Crippen LogP contribution in [-0.4, -0.2) is 13.2 Å². The zero-order chi connectivity index (χ0) is 6.41. The van der Waals surface area contributed by atoms with E-state index in [1.807, 2.05) is 13.8 Å². The van der Waals surface area contributed by atoms with E-state index in [2.05, 4.69) is 11.9 Å². The van der Waals surface area contributed by atoms with E-state index in [-0.39, 0.29) is 0 Å². The van der Waals surface area contributed by atoms with Gasteiger partial charge in [-0.25, -0.2) is 0 Å². The molecule has 0 aromatic carbocycles. The van der Waals surface area contributed by atoms with E-state index < -0.39 is 0 Å². The Morgan fingerprint density at radius 1 is 1.62 bits per heavy atom. The molecule has 0 aromatic heterocycles. The van der Waals surface area contributed by atoms with Gasteiger partial charge in [0.05, 0.1) is 6.61 Å². The summed E-state index contributed by atoms with van der Waals surface area (Å²) in [4.78, 5) is 0. The van der Waals surface area contributed by atoms with Crippen molar-refractivity contribution < 1.29 is 4.74 Å². The summed E-state index contributed by atoms with van der Waals surface area (Å²) in [7, 11) is 0. The van der Waals surface area contributed by atoms with Crippen molar-refractivity contribution in [3.63, 3.8) is 0 Å². The Morgan fingerprint density at radius 2 is 2.25 bits per heavy atom. The molecule has 0 spiro atoms. The second-order valence-corrected chi connectivity index (χ2v) is 1.39. The summed E-state index contributed by atoms with van der Waals surface area (Å²) >= 11 is 0. The maximum Gasteiger partial charge on any atom is 0.179 e. The van der Waals surface area contributed by atoms with Gasteiger partial charge >= 0.3 is 0 Å². The molecule has 2 nitrogen and oxygen atoms in total. The minimum Gasteiger partial charge on any atom is -0.480 e. The summed E-state index contributed by atoms with van der Waals surface area (Å²) in [5.41, 5.74) is 0. The first-order valence-corrected chi connectivity index (χ1v) is 2.86. The fourth-order valence-corrected chi connectivity index (χ4v) is 0.422. The molecule has 0 aromatic rings. The van der Waals surface area contributed by atoms with Crippen LogP contribution in [0.3, 0.4) is 0 Å². The van der Waals surface area contributed by atoms with Crippen LogP contribution in [0.25, 0.3) is 0 Å². The highest BCUT2D eigenvalue weighted by Crippen LogP contribution is 1.83. The molecule has 0 radical (unpaired) electrons. The lowest BCUT2D eigenvalue weighted by Crippen LogP contribution is -2.13. The molecule has 0 bridgehead atoms. The predicted molar refractivity (Wildman–Crippen MR) is 34.4 cm³/mol. The van der Waals surface area contributed by atoms with Gasteiger partial charge in [0.25, 0.3) is 0 Å². The lowest BCUT2D eigenvalue weighted by atomic mass is 10.7. The predicted octanol–water partition coefficient (Wildman–Crippen LogP) is 1.10. The van der Waals surface area contributed by atoms with E-state index in [1.165, 1.54) is 0 Å². The second kappa shape index (κ2) is 4.50. The Morgan fingerprint density at radius 3 is 2.62 bits per heavy atom. The first-order valence-electron chi connectivity index (χ1n) is 2.86. The molecule has 0 rings (SSSR count). The molecule has 1 N–H and O–H groups in total. The Kier molecular flexibility index (Phi) is 4.13. The van der Waals surface area contributed by atoms with Crippen molar-refractivity contribution >= 4 is 0 Å². The molecule has 0 saturated heterocycles. The largest absolute Gasteiger partial charge is 0.480 e. The van der Waals surface area contributed by atoms with E-state index in [1.54, 1.807) is 0 Å². The van der Waals surface area contributed by atoms with Gasteiger partial charge in [0.1, 0.15) is 0 Å². The summed E-state index contributed by atoms with van der Waals surface area (Å²) in [5.74, 6) is 0.662. The van der Waals surface area contributed by atoms with Crippen LogP contribution in [0.2, 0.25) is 0 Å². The van der Waals surface area contributed by atoms with Gasteiger partial charge in [-0.05, 0) is 20.4 Å². The zero-order valence-corrected chi connectivity index (χ0v) is 5.53. The van der Waals surface area contributed by atoms with Crippen molar-refractivity contribution in [2.24, 2.45) is 0 Å². The van der Waals surface area contributed by atoms with Gasteiger partial charge in [-0.2, -0.15) is 0 Å². The van der Waals surface area contributed by atoms with Gasteiger partial charge in [-0.3, -0.25) is 0 Å². The van der Waals surface area contributed by atoms with Gasteiger partial charge in [0.15, 0.2) is 5.88 Å². The third-order valence-electron chi connectivity index (χ3n) is 0.693. The molecular weight excluding hydrogens is 102 g/mol. The van der Waals surface area contributed by atoms with Gasteiger partial charge < -0.3 is 10.1 Å². The molecule has 2 heteroatoms. The quantitative estimate of drug-likeness (QED) is 0.554. The van der Waals surface area contributed by atoms with Crippen molar-refractivity contribution in [3.8, 4) is 0 Å². The van der Waals surface area contributed by atoms with Gasteiger partial charge in [0, 0.05) is 6.54 Å². The lowest BCUT2D eigenvalue weighted by Gasteiger charge is -2.05. The molecule has 0 amide bonds. The smallest absolute Gasteiger partial charge is 0.179 e. The third kappa shape index (κ3) is 3.53. The Balaban J connectivity index is 3.06. The number of rotatable bonds is 4. The third-order valence-corrected chi connectivity index (χ3v) is 0.693. The number of hydrogen-bond acceptors (Lipinski definition) is 2. The summed E-state index contributed by atoms with van der Waals surface area (Å²) in [5, 5.41) is 2.93. The topological polar surface area (TPSA) is 21.3 Å². The van der Waals surface area contributed by atoms with Crippen LogP contribution in [-0.2, 0) is 4.74 Å². The fourth-order valence-electron chi connectivity index (χ4n) is 0.422. The van der Waals surface area contributed by atoms with Crippen molar-refractivity contribution in [2.75, 3.05) is 13.2 Å². The molecule has 48 valence electrons. The molecule has 0 fully saturated rings. The molecule has 0 atom stereocenters. The second-order valence-electron chi connectivity index (χ2n) is 1.39. The van der Waals surface area contributed by atoms with Crippen LogP contribution in [0.4, 0.5) is 0 Å². The molecule has 0 saturated carbocycles. The van der Waals surface area contributed by atoms with E-state index in [0.29, 0.717) is 12.5 Å². The van der Waals surface area contributed by atoms with Gasteiger partial charge in [0.2, 0.25) is 0 Å². The van der Waals surface area contributed by atoms with Crippen LogP contribution >= 0.6 is 0 Å². The number of hydrogen-bond donors (Lipinski definition) is 1. The van der Waals surface area contributed by atoms with Crippen molar-refractivity contribution in [1.29, 1.82) is 0 Å². The summed E-state index contributed by atoms with van der Waals surface area (Å²) < 4.78 is 4.98. The monoisotopic (exact) mass is 115 g/mol. The molecular formula is C6H13NO. The van der Waals surface area contributed by atoms with Crippen molar-refractivity contribution in [3.05, 3.63) is 12.5 Å². The molecule has 0 heterocycles. The molecule has 0 aliphatic heterocycles. The van der Waals surface area contributed by atoms with E-state index in [9.17, 15) is 0 Å².